The summed E-state index contributed by atoms with van der Waals surface area (Å²) < 4.78 is 6.04. The molecule has 1 amide bonds. The summed E-state index contributed by atoms with van der Waals surface area (Å²) in [5, 5.41) is 0. The van der Waals surface area contributed by atoms with Gasteiger partial charge in [0.1, 0.15) is 0 Å². The molecule has 0 saturated carbocycles. The van der Waals surface area contributed by atoms with E-state index >= 15 is 0 Å². The number of morpholine rings is 1. The Kier molecular flexibility index (Phi) is 2.89. The first kappa shape index (κ1) is 11.4. The zero-order valence-electron chi connectivity index (χ0n) is 9.64. The molecule has 0 spiro atoms. The van der Waals surface area contributed by atoms with Crippen molar-refractivity contribution in [3.63, 3.8) is 0 Å². The summed E-state index contributed by atoms with van der Waals surface area (Å²) in [5.41, 5.74) is 1.41. The van der Waals surface area contributed by atoms with Crippen molar-refractivity contribution in [3.05, 3.63) is 33.4 Å². The average Bonchev–Trinajstić information content (AvgIpc) is 2.78. The Hall–Kier alpha value is -1.66. The molecular weight excluding hydrogens is 252 g/mol. The van der Waals surface area contributed by atoms with Gasteiger partial charge in [0, 0.05) is 18.7 Å². The van der Waals surface area contributed by atoms with Crippen LogP contribution in [0.25, 0.3) is 10.2 Å². The van der Waals surface area contributed by atoms with Gasteiger partial charge in [-0.1, -0.05) is 11.3 Å². The molecule has 0 atom stereocenters. The lowest BCUT2D eigenvalue weighted by Gasteiger charge is -2.26. The van der Waals surface area contributed by atoms with Crippen LogP contribution in [0.1, 0.15) is 10.4 Å². The molecular formula is C12H12N2O3S. The highest BCUT2D eigenvalue weighted by molar-refractivity contribution is 7.16. The minimum Gasteiger partial charge on any atom is -0.378 e. The SMILES string of the molecule is O=C(c1ccc2[nH]c(=O)sc2c1)N1CCOCC1. The number of H-pyrrole nitrogens is 1. The summed E-state index contributed by atoms with van der Waals surface area (Å²) in [7, 11) is 0. The summed E-state index contributed by atoms with van der Waals surface area (Å²) in [6.07, 6.45) is 0. The van der Waals surface area contributed by atoms with Crippen molar-refractivity contribution in [2.75, 3.05) is 26.3 Å². The second-order valence-corrected chi connectivity index (χ2v) is 5.14. The largest absolute Gasteiger partial charge is 0.378 e. The summed E-state index contributed by atoms with van der Waals surface area (Å²) in [6, 6.07) is 5.30. The van der Waals surface area contributed by atoms with E-state index in [1.54, 1.807) is 23.1 Å². The molecule has 1 aromatic carbocycles. The monoisotopic (exact) mass is 264 g/mol. The van der Waals surface area contributed by atoms with Crippen molar-refractivity contribution >= 4 is 27.5 Å². The van der Waals surface area contributed by atoms with Crippen molar-refractivity contribution in [1.29, 1.82) is 0 Å². The first-order valence-electron chi connectivity index (χ1n) is 5.74. The van der Waals surface area contributed by atoms with Crippen LogP contribution in [0.5, 0.6) is 0 Å². The number of nitrogens with one attached hydrogen (secondary N) is 1. The molecule has 0 bridgehead atoms. The molecule has 5 nitrogen and oxygen atoms in total. The summed E-state index contributed by atoms with van der Waals surface area (Å²) >= 11 is 1.12. The van der Waals surface area contributed by atoms with Crippen LogP contribution in [0.15, 0.2) is 23.0 Å². The lowest BCUT2D eigenvalue weighted by atomic mass is 10.2. The predicted octanol–water partition coefficient (Wildman–Crippen LogP) is 1.06. The van der Waals surface area contributed by atoms with Crippen LogP contribution < -0.4 is 4.87 Å². The van der Waals surface area contributed by atoms with Crippen molar-refractivity contribution in [2.45, 2.75) is 0 Å². The standard InChI is InChI=1S/C12H12N2O3S/c15-11(14-3-5-17-6-4-14)8-1-2-9-10(7-8)18-12(16)13-9/h1-2,7H,3-6H2,(H,13,16). The number of thiazole rings is 1. The quantitative estimate of drug-likeness (QED) is 0.837. The number of hydrogen-bond donors (Lipinski definition) is 1. The van der Waals surface area contributed by atoms with E-state index in [1.165, 1.54) is 0 Å². The molecule has 0 unspecified atom stereocenters. The van der Waals surface area contributed by atoms with Crippen LogP contribution in [0.3, 0.4) is 0 Å². The third-order valence-corrected chi connectivity index (χ3v) is 3.81. The molecule has 18 heavy (non-hydrogen) atoms. The summed E-state index contributed by atoms with van der Waals surface area (Å²) in [6.45, 7) is 2.43. The molecule has 1 fully saturated rings. The van der Waals surface area contributed by atoms with Gasteiger partial charge in [0.2, 0.25) is 0 Å². The third kappa shape index (κ3) is 2.04. The van der Waals surface area contributed by atoms with E-state index in [0.29, 0.717) is 31.9 Å². The summed E-state index contributed by atoms with van der Waals surface area (Å²) in [4.78, 5) is 27.9. The summed E-state index contributed by atoms with van der Waals surface area (Å²) in [5.74, 6) is 0.000971. The topological polar surface area (TPSA) is 62.4 Å². The highest BCUT2D eigenvalue weighted by atomic mass is 32.1. The number of rotatable bonds is 1. The molecule has 1 aliphatic heterocycles. The van der Waals surface area contributed by atoms with Crippen LogP contribution in [0, 0.1) is 0 Å². The van der Waals surface area contributed by atoms with Gasteiger partial charge in [0.05, 0.1) is 23.4 Å². The fourth-order valence-corrected chi connectivity index (χ4v) is 2.80. The number of aromatic amines is 1. The second-order valence-electron chi connectivity index (χ2n) is 4.13. The number of carbonyl (C=O) groups excluding carboxylic acids is 1. The Morgan fingerprint density at radius 1 is 1.33 bits per heavy atom. The predicted molar refractivity (Wildman–Crippen MR) is 69.2 cm³/mol. The number of amides is 1. The molecule has 1 aliphatic rings. The molecule has 1 saturated heterocycles. The fraction of sp³-hybridized carbons (Fsp3) is 0.333. The Balaban J connectivity index is 1.92. The van der Waals surface area contributed by atoms with Crippen LogP contribution in [0.2, 0.25) is 0 Å². The van der Waals surface area contributed by atoms with Crippen molar-refractivity contribution < 1.29 is 9.53 Å². The van der Waals surface area contributed by atoms with Gasteiger partial charge in [0.25, 0.3) is 5.91 Å². The van der Waals surface area contributed by atoms with Gasteiger partial charge in [-0.2, -0.15) is 0 Å². The normalized spacial score (nSPS) is 16.1. The first-order valence-corrected chi connectivity index (χ1v) is 6.55. The van der Waals surface area contributed by atoms with Gasteiger partial charge in [-0.3, -0.25) is 9.59 Å². The maximum atomic E-state index is 12.2. The van der Waals surface area contributed by atoms with E-state index in [2.05, 4.69) is 4.98 Å². The lowest BCUT2D eigenvalue weighted by Crippen LogP contribution is -2.40. The molecule has 1 N–H and O–H groups in total. The number of fused-ring (bicyclic) bond motifs is 1. The lowest BCUT2D eigenvalue weighted by molar-refractivity contribution is 0.0303. The van der Waals surface area contributed by atoms with Crippen molar-refractivity contribution in [2.24, 2.45) is 0 Å². The molecule has 0 aliphatic carbocycles. The third-order valence-electron chi connectivity index (χ3n) is 2.97. The van der Waals surface area contributed by atoms with E-state index in [-0.39, 0.29) is 10.8 Å². The van der Waals surface area contributed by atoms with Gasteiger partial charge in [-0.25, -0.2) is 0 Å². The zero-order chi connectivity index (χ0) is 12.5. The Morgan fingerprint density at radius 3 is 2.89 bits per heavy atom. The number of benzene rings is 1. The molecule has 2 heterocycles. The van der Waals surface area contributed by atoms with E-state index in [4.69, 9.17) is 4.74 Å². The molecule has 1 aromatic heterocycles. The maximum absolute atomic E-state index is 12.2. The van der Waals surface area contributed by atoms with Gasteiger partial charge in [-0.05, 0) is 18.2 Å². The smallest absolute Gasteiger partial charge is 0.305 e. The van der Waals surface area contributed by atoms with Crippen LogP contribution >= 0.6 is 11.3 Å². The Morgan fingerprint density at radius 2 is 2.11 bits per heavy atom. The molecule has 0 radical (unpaired) electrons. The van der Waals surface area contributed by atoms with Gasteiger partial charge in [-0.15, -0.1) is 0 Å². The van der Waals surface area contributed by atoms with Crippen LogP contribution in [0.4, 0.5) is 0 Å². The first-order chi connectivity index (χ1) is 8.74. The molecule has 94 valence electrons. The number of ether oxygens (including phenoxy) is 1. The van der Waals surface area contributed by atoms with Gasteiger partial charge < -0.3 is 14.6 Å². The minimum atomic E-state index is -0.0963. The van der Waals surface area contributed by atoms with Crippen LogP contribution in [-0.2, 0) is 4.74 Å². The van der Waals surface area contributed by atoms with Gasteiger partial charge >= 0.3 is 4.87 Å². The number of aromatic nitrogens is 1. The maximum Gasteiger partial charge on any atom is 0.305 e. The Labute approximate surface area is 107 Å². The Bertz CT molecular complexity index is 640. The van der Waals surface area contributed by atoms with Crippen molar-refractivity contribution in [1.82, 2.24) is 9.88 Å². The van der Waals surface area contributed by atoms with E-state index in [0.717, 1.165) is 21.6 Å². The average molecular weight is 264 g/mol. The van der Waals surface area contributed by atoms with E-state index < -0.39 is 0 Å². The molecule has 2 aromatic rings. The van der Waals surface area contributed by atoms with Crippen molar-refractivity contribution in [3.8, 4) is 0 Å². The number of nitrogens with zero attached hydrogens (tertiary/aromatic N) is 1. The number of hydrogen-bond acceptors (Lipinski definition) is 4. The highest BCUT2D eigenvalue weighted by Gasteiger charge is 2.18. The second kappa shape index (κ2) is 4.55. The zero-order valence-corrected chi connectivity index (χ0v) is 10.5. The molecule has 3 rings (SSSR count). The van der Waals surface area contributed by atoms with E-state index in [9.17, 15) is 9.59 Å². The fourth-order valence-electron chi connectivity index (χ4n) is 2.03. The minimum absolute atomic E-state index is 0.000971. The number of carbonyl (C=O) groups is 1. The van der Waals surface area contributed by atoms with E-state index in [1.807, 2.05) is 0 Å². The molecule has 6 heteroatoms. The highest BCUT2D eigenvalue weighted by Crippen LogP contribution is 2.17. The van der Waals surface area contributed by atoms with Crippen LogP contribution in [-0.4, -0.2) is 42.1 Å². The van der Waals surface area contributed by atoms with Gasteiger partial charge in [0.15, 0.2) is 0 Å².